The molecular formula is C13H22N2O3. The van der Waals surface area contributed by atoms with Gasteiger partial charge in [-0.1, -0.05) is 0 Å². The normalized spacial score (nSPS) is 28.4. The summed E-state index contributed by atoms with van der Waals surface area (Å²) in [6.07, 6.45) is 1.70. The van der Waals surface area contributed by atoms with Gasteiger partial charge in [-0.25, -0.2) is 4.79 Å². The lowest BCUT2D eigenvalue weighted by molar-refractivity contribution is -0.125. The maximum atomic E-state index is 12.0. The van der Waals surface area contributed by atoms with E-state index in [1.807, 2.05) is 20.8 Å². The first-order valence-corrected chi connectivity index (χ1v) is 6.62. The average molecular weight is 254 g/mol. The van der Waals surface area contributed by atoms with Gasteiger partial charge >= 0.3 is 6.09 Å². The fourth-order valence-electron chi connectivity index (χ4n) is 2.64. The lowest BCUT2D eigenvalue weighted by Crippen LogP contribution is -2.37. The van der Waals surface area contributed by atoms with Crippen molar-refractivity contribution in [3.05, 3.63) is 0 Å². The molecule has 0 radical (unpaired) electrons. The molecule has 2 amide bonds. The molecule has 18 heavy (non-hydrogen) atoms. The van der Waals surface area contributed by atoms with Crippen LogP contribution in [0.4, 0.5) is 4.79 Å². The molecule has 1 N–H and O–H groups in total. The van der Waals surface area contributed by atoms with Crippen LogP contribution in [-0.4, -0.2) is 42.1 Å². The van der Waals surface area contributed by atoms with E-state index in [1.165, 1.54) is 0 Å². The standard InChI is InChI=1S/C13H22N2O3/c1-13(2,3)18-12(17)15-7-9-5-4-6-14-11(16)10(9)8-15/h9-10H,4-8H2,1-3H3,(H,14,16)/t9-,10-/m0/s1. The van der Waals surface area contributed by atoms with E-state index in [0.29, 0.717) is 19.0 Å². The van der Waals surface area contributed by atoms with Crippen LogP contribution in [0.25, 0.3) is 0 Å². The Bertz CT molecular complexity index is 349. The summed E-state index contributed by atoms with van der Waals surface area (Å²) in [5, 5.41) is 2.91. The van der Waals surface area contributed by atoms with E-state index in [9.17, 15) is 9.59 Å². The zero-order valence-electron chi connectivity index (χ0n) is 11.4. The fourth-order valence-corrected chi connectivity index (χ4v) is 2.64. The highest BCUT2D eigenvalue weighted by Gasteiger charge is 2.41. The number of hydrogen-bond donors (Lipinski definition) is 1. The van der Waals surface area contributed by atoms with Crippen molar-refractivity contribution in [2.45, 2.75) is 39.2 Å². The zero-order chi connectivity index (χ0) is 13.3. The van der Waals surface area contributed by atoms with Gasteiger partial charge in [0.15, 0.2) is 0 Å². The van der Waals surface area contributed by atoms with E-state index in [4.69, 9.17) is 4.74 Å². The van der Waals surface area contributed by atoms with Crippen LogP contribution in [0.15, 0.2) is 0 Å². The Balaban J connectivity index is 1.99. The third-order valence-corrected chi connectivity index (χ3v) is 3.48. The van der Waals surface area contributed by atoms with Crippen LogP contribution in [0.2, 0.25) is 0 Å². The van der Waals surface area contributed by atoms with Gasteiger partial charge in [-0.2, -0.15) is 0 Å². The smallest absolute Gasteiger partial charge is 0.410 e. The molecule has 5 nitrogen and oxygen atoms in total. The van der Waals surface area contributed by atoms with Gasteiger partial charge in [0.25, 0.3) is 0 Å². The third-order valence-electron chi connectivity index (χ3n) is 3.48. The highest BCUT2D eigenvalue weighted by molar-refractivity contribution is 5.81. The average Bonchev–Trinajstić information content (AvgIpc) is 2.59. The van der Waals surface area contributed by atoms with Crippen LogP contribution in [0.1, 0.15) is 33.6 Å². The summed E-state index contributed by atoms with van der Waals surface area (Å²) in [4.78, 5) is 25.5. The van der Waals surface area contributed by atoms with E-state index in [-0.39, 0.29) is 17.9 Å². The number of carbonyl (C=O) groups is 2. The Morgan fingerprint density at radius 3 is 2.78 bits per heavy atom. The molecule has 2 aliphatic rings. The Morgan fingerprint density at radius 1 is 1.39 bits per heavy atom. The first-order chi connectivity index (χ1) is 8.37. The van der Waals surface area contributed by atoms with Crippen molar-refractivity contribution in [3.8, 4) is 0 Å². The first kappa shape index (κ1) is 13.2. The maximum Gasteiger partial charge on any atom is 0.410 e. The van der Waals surface area contributed by atoms with E-state index in [1.54, 1.807) is 4.90 Å². The SMILES string of the molecule is CC(C)(C)OC(=O)N1C[C@@H]2CCCNC(=O)[C@H]2C1. The largest absolute Gasteiger partial charge is 0.444 e. The van der Waals surface area contributed by atoms with Crippen LogP contribution in [0, 0.1) is 11.8 Å². The molecule has 2 saturated heterocycles. The number of likely N-dealkylation sites (tertiary alicyclic amines) is 1. The minimum Gasteiger partial charge on any atom is -0.444 e. The molecule has 0 aromatic rings. The van der Waals surface area contributed by atoms with Crippen LogP contribution in [0.5, 0.6) is 0 Å². The monoisotopic (exact) mass is 254 g/mol. The summed E-state index contributed by atoms with van der Waals surface area (Å²) in [6.45, 7) is 7.46. The molecule has 2 atom stereocenters. The van der Waals surface area contributed by atoms with E-state index >= 15 is 0 Å². The molecule has 0 aromatic heterocycles. The van der Waals surface area contributed by atoms with Gasteiger partial charge in [-0.05, 0) is 39.5 Å². The lowest BCUT2D eigenvalue weighted by Gasteiger charge is -2.24. The number of nitrogens with one attached hydrogen (secondary N) is 1. The van der Waals surface area contributed by atoms with E-state index in [0.717, 1.165) is 19.4 Å². The molecule has 0 spiro atoms. The molecule has 2 rings (SSSR count). The number of nitrogens with zero attached hydrogens (tertiary/aromatic N) is 1. The molecule has 0 bridgehead atoms. The minimum atomic E-state index is -0.482. The summed E-state index contributed by atoms with van der Waals surface area (Å²) in [5.41, 5.74) is -0.482. The molecule has 0 aromatic carbocycles. The van der Waals surface area contributed by atoms with Crippen LogP contribution in [0.3, 0.4) is 0 Å². The predicted octanol–water partition coefficient (Wildman–Crippen LogP) is 1.38. The Hall–Kier alpha value is -1.26. The Kier molecular flexibility index (Phi) is 3.50. The van der Waals surface area contributed by atoms with E-state index < -0.39 is 5.60 Å². The van der Waals surface area contributed by atoms with Gasteiger partial charge in [-0.3, -0.25) is 4.79 Å². The summed E-state index contributed by atoms with van der Waals surface area (Å²) in [5.74, 6) is 0.323. The molecule has 0 unspecified atom stereocenters. The quantitative estimate of drug-likeness (QED) is 0.710. The molecule has 0 saturated carbocycles. The Morgan fingerprint density at radius 2 is 2.11 bits per heavy atom. The van der Waals surface area contributed by atoms with Crippen molar-refractivity contribution < 1.29 is 14.3 Å². The van der Waals surface area contributed by atoms with Gasteiger partial charge < -0.3 is 15.0 Å². The van der Waals surface area contributed by atoms with Crippen LogP contribution >= 0.6 is 0 Å². The third kappa shape index (κ3) is 2.94. The molecule has 102 valence electrons. The van der Waals surface area contributed by atoms with Crippen molar-refractivity contribution in [1.82, 2.24) is 10.2 Å². The van der Waals surface area contributed by atoms with Gasteiger partial charge in [0.05, 0.1) is 5.92 Å². The number of ether oxygens (including phenoxy) is 1. The van der Waals surface area contributed by atoms with Gasteiger partial charge in [-0.15, -0.1) is 0 Å². The van der Waals surface area contributed by atoms with Gasteiger partial charge in [0, 0.05) is 19.6 Å². The van der Waals surface area contributed by atoms with Crippen molar-refractivity contribution in [1.29, 1.82) is 0 Å². The van der Waals surface area contributed by atoms with Gasteiger partial charge in [0.1, 0.15) is 5.60 Å². The topological polar surface area (TPSA) is 58.6 Å². The summed E-state index contributed by atoms with van der Waals surface area (Å²) in [7, 11) is 0. The summed E-state index contributed by atoms with van der Waals surface area (Å²) >= 11 is 0. The second kappa shape index (κ2) is 4.78. The number of amides is 2. The van der Waals surface area contributed by atoms with Crippen molar-refractivity contribution >= 4 is 12.0 Å². The number of rotatable bonds is 0. The predicted molar refractivity (Wildman–Crippen MR) is 67.0 cm³/mol. The second-order valence-corrected chi connectivity index (χ2v) is 6.19. The number of carbonyl (C=O) groups excluding carboxylic acids is 2. The highest BCUT2D eigenvalue weighted by atomic mass is 16.6. The van der Waals surface area contributed by atoms with Crippen molar-refractivity contribution in [2.24, 2.45) is 11.8 Å². The van der Waals surface area contributed by atoms with Crippen LogP contribution in [-0.2, 0) is 9.53 Å². The minimum absolute atomic E-state index is 0.0555. The molecule has 0 aliphatic carbocycles. The first-order valence-electron chi connectivity index (χ1n) is 6.62. The van der Waals surface area contributed by atoms with E-state index in [2.05, 4.69) is 5.32 Å². The van der Waals surface area contributed by atoms with Crippen LogP contribution < -0.4 is 5.32 Å². The highest BCUT2D eigenvalue weighted by Crippen LogP contribution is 2.30. The van der Waals surface area contributed by atoms with Crippen molar-refractivity contribution in [2.75, 3.05) is 19.6 Å². The molecule has 2 heterocycles. The summed E-state index contributed by atoms with van der Waals surface area (Å²) in [6, 6.07) is 0. The van der Waals surface area contributed by atoms with Crippen molar-refractivity contribution in [3.63, 3.8) is 0 Å². The molecular weight excluding hydrogens is 232 g/mol. The molecule has 5 heteroatoms. The maximum absolute atomic E-state index is 12.0. The molecule has 2 aliphatic heterocycles. The summed E-state index contributed by atoms with van der Waals surface area (Å²) < 4.78 is 5.35. The zero-order valence-corrected chi connectivity index (χ0v) is 11.4. The lowest BCUT2D eigenvalue weighted by atomic mass is 9.93. The fraction of sp³-hybridized carbons (Fsp3) is 0.846. The Labute approximate surface area is 108 Å². The second-order valence-electron chi connectivity index (χ2n) is 6.19. The number of hydrogen-bond acceptors (Lipinski definition) is 3. The number of fused-ring (bicyclic) bond motifs is 1. The molecule has 2 fully saturated rings. The van der Waals surface area contributed by atoms with Gasteiger partial charge in [0.2, 0.25) is 5.91 Å².